The van der Waals surface area contributed by atoms with Crippen LogP contribution in [0.4, 0.5) is 0 Å². The molecule has 1 N–H and O–H groups in total. The van der Waals surface area contributed by atoms with Crippen molar-refractivity contribution in [3.8, 4) is 5.75 Å². The fourth-order valence-corrected chi connectivity index (χ4v) is 3.50. The average Bonchev–Trinajstić information content (AvgIpc) is 2.95. The number of likely N-dealkylation sites (tertiary alicyclic amines) is 1. The lowest BCUT2D eigenvalue weighted by molar-refractivity contribution is -0.139. The molecule has 1 amide bonds. The SMILES string of the molecule is C=CCN1C(=O)C(=O)/C(=C(/O)c2ccc(OCC)c(Cl)c2)C1c1ccccc1. The van der Waals surface area contributed by atoms with E-state index >= 15 is 0 Å². The molecule has 28 heavy (non-hydrogen) atoms. The van der Waals surface area contributed by atoms with Crippen molar-refractivity contribution < 1.29 is 19.4 Å². The minimum absolute atomic E-state index is 0.0262. The summed E-state index contributed by atoms with van der Waals surface area (Å²) in [6.45, 7) is 6.14. The second-order valence-electron chi connectivity index (χ2n) is 6.23. The summed E-state index contributed by atoms with van der Waals surface area (Å²) in [7, 11) is 0. The van der Waals surface area contributed by atoms with Gasteiger partial charge < -0.3 is 14.7 Å². The van der Waals surface area contributed by atoms with Crippen LogP contribution in [-0.2, 0) is 9.59 Å². The molecule has 1 saturated heterocycles. The first-order valence-electron chi connectivity index (χ1n) is 8.86. The Bertz CT molecular complexity index is 952. The third-order valence-corrected chi connectivity index (χ3v) is 4.78. The molecule has 3 rings (SSSR count). The molecule has 2 aromatic rings. The zero-order chi connectivity index (χ0) is 20.3. The number of amides is 1. The Balaban J connectivity index is 2.15. The first-order chi connectivity index (χ1) is 13.5. The van der Waals surface area contributed by atoms with Gasteiger partial charge in [0.05, 0.1) is 23.2 Å². The molecule has 0 saturated carbocycles. The summed E-state index contributed by atoms with van der Waals surface area (Å²) in [6.07, 6.45) is 1.55. The van der Waals surface area contributed by atoms with Crippen molar-refractivity contribution in [3.63, 3.8) is 0 Å². The number of nitrogens with zero attached hydrogens (tertiary/aromatic N) is 1. The van der Waals surface area contributed by atoms with E-state index in [4.69, 9.17) is 16.3 Å². The number of hydrogen-bond acceptors (Lipinski definition) is 4. The second kappa shape index (κ2) is 8.31. The molecule has 5 nitrogen and oxygen atoms in total. The lowest BCUT2D eigenvalue weighted by Gasteiger charge is -2.24. The highest BCUT2D eigenvalue weighted by Crippen LogP contribution is 2.40. The molecule has 1 unspecified atom stereocenters. The number of carbonyl (C=O) groups excluding carboxylic acids is 2. The maximum Gasteiger partial charge on any atom is 0.295 e. The van der Waals surface area contributed by atoms with Crippen molar-refractivity contribution in [2.75, 3.05) is 13.2 Å². The largest absolute Gasteiger partial charge is 0.507 e. The summed E-state index contributed by atoms with van der Waals surface area (Å²) in [4.78, 5) is 26.7. The molecular formula is C22H20ClNO4. The van der Waals surface area contributed by atoms with E-state index < -0.39 is 17.7 Å². The lowest BCUT2D eigenvalue weighted by Crippen LogP contribution is -2.29. The van der Waals surface area contributed by atoms with Crippen molar-refractivity contribution in [2.24, 2.45) is 0 Å². The minimum atomic E-state index is -0.738. The summed E-state index contributed by atoms with van der Waals surface area (Å²) >= 11 is 6.22. The summed E-state index contributed by atoms with van der Waals surface area (Å²) in [5, 5.41) is 11.2. The Kier molecular flexibility index (Phi) is 5.85. The van der Waals surface area contributed by atoms with E-state index in [9.17, 15) is 14.7 Å². The van der Waals surface area contributed by atoms with Gasteiger partial charge in [0.25, 0.3) is 11.7 Å². The number of hydrogen-bond donors (Lipinski definition) is 1. The fourth-order valence-electron chi connectivity index (χ4n) is 3.27. The molecule has 0 aromatic heterocycles. The van der Waals surface area contributed by atoms with E-state index in [0.717, 1.165) is 5.56 Å². The number of aliphatic hydroxyl groups is 1. The van der Waals surface area contributed by atoms with Crippen LogP contribution in [0.5, 0.6) is 5.75 Å². The van der Waals surface area contributed by atoms with Crippen molar-refractivity contribution in [1.29, 1.82) is 0 Å². The van der Waals surface area contributed by atoms with Crippen molar-refractivity contribution in [1.82, 2.24) is 4.90 Å². The van der Waals surface area contributed by atoms with Crippen LogP contribution in [0, 0.1) is 0 Å². The van der Waals surface area contributed by atoms with Crippen LogP contribution in [0.1, 0.15) is 24.1 Å². The predicted octanol–water partition coefficient (Wildman–Crippen LogP) is 4.35. The van der Waals surface area contributed by atoms with Crippen LogP contribution in [0.3, 0.4) is 0 Å². The molecule has 1 aliphatic heterocycles. The van der Waals surface area contributed by atoms with Crippen LogP contribution >= 0.6 is 11.6 Å². The van der Waals surface area contributed by atoms with E-state index in [1.54, 1.807) is 18.2 Å². The normalized spacial score (nSPS) is 18.4. The molecule has 6 heteroatoms. The number of ether oxygens (including phenoxy) is 1. The smallest absolute Gasteiger partial charge is 0.295 e. The van der Waals surface area contributed by atoms with Gasteiger partial charge in [-0.25, -0.2) is 0 Å². The molecule has 1 aliphatic rings. The molecule has 0 spiro atoms. The van der Waals surface area contributed by atoms with Gasteiger partial charge in [-0.1, -0.05) is 48.0 Å². The van der Waals surface area contributed by atoms with Gasteiger partial charge >= 0.3 is 0 Å². The van der Waals surface area contributed by atoms with Crippen LogP contribution in [-0.4, -0.2) is 34.8 Å². The first-order valence-corrected chi connectivity index (χ1v) is 9.24. The highest BCUT2D eigenvalue weighted by molar-refractivity contribution is 6.46. The van der Waals surface area contributed by atoms with Crippen LogP contribution in [0.15, 0.2) is 66.8 Å². The first kappa shape index (κ1) is 19.7. The van der Waals surface area contributed by atoms with E-state index in [-0.39, 0.29) is 17.9 Å². The van der Waals surface area contributed by atoms with Gasteiger partial charge in [-0.3, -0.25) is 9.59 Å². The molecule has 0 radical (unpaired) electrons. The molecule has 2 aromatic carbocycles. The second-order valence-corrected chi connectivity index (χ2v) is 6.64. The van der Waals surface area contributed by atoms with Gasteiger partial charge in [-0.15, -0.1) is 6.58 Å². The third kappa shape index (κ3) is 3.53. The maximum atomic E-state index is 12.7. The number of Topliss-reactive ketones (excluding diaryl/α,β-unsaturated/α-hetero) is 1. The molecule has 144 valence electrons. The number of carbonyl (C=O) groups is 2. The Labute approximate surface area is 168 Å². The van der Waals surface area contributed by atoms with Crippen molar-refractivity contribution >= 4 is 29.1 Å². The quantitative estimate of drug-likeness (QED) is 0.340. The minimum Gasteiger partial charge on any atom is -0.507 e. The number of rotatable bonds is 6. The van der Waals surface area contributed by atoms with Crippen molar-refractivity contribution in [3.05, 3.63) is 82.9 Å². The van der Waals surface area contributed by atoms with Gasteiger partial charge in [-0.2, -0.15) is 0 Å². The zero-order valence-electron chi connectivity index (χ0n) is 15.4. The molecule has 1 heterocycles. The molecule has 0 bridgehead atoms. The molecule has 1 fully saturated rings. The van der Waals surface area contributed by atoms with Gasteiger partial charge in [0, 0.05) is 12.1 Å². The summed E-state index contributed by atoms with van der Waals surface area (Å²) in [5.41, 5.74) is 1.09. The lowest BCUT2D eigenvalue weighted by atomic mass is 9.95. The number of halogens is 1. The molecule has 0 aliphatic carbocycles. The Morgan fingerprint density at radius 3 is 2.57 bits per heavy atom. The summed E-state index contributed by atoms with van der Waals surface area (Å²) in [6, 6.07) is 13.1. The summed E-state index contributed by atoms with van der Waals surface area (Å²) in [5.74, 6) is -1.21. The summed E-state index contributed by atoms with van der Waals surface area (Å²) < 4.78 is 5.40. The Morgan fingerprint density at radius 1 is 1.25 bits per heavy atom. The standard InChI is InChI=1S/C22H20ClNO4/c1-3-12-24-19(14-8-6-5-7-9-14)18(21(26)22(24)27)20(25)15-10-11-17(28-4-2)16(23)13-15/h3,5-11,13,19,25H,1,4,12H2,2H3/b20-18+. The maximum absolute atomic E-state index is 12.7. The van der Waals surface area contributed by atoms with E-state index in [1.807, 2.05) is 37.3 Å². The number of benzene rings is 2. The van der Waals surface area contributed by atoms with Gasteiger partial charge in [0.15, 0.2) is 0 Å². The fraction of sp³-hybridized carbons (Fsp3) is 0.182. The van der Waals surface area contributed by atoms with Gasteiger partial charge in [-0.05, 0) is 30.7 Å². The van der Waals surface area contributed by atoms with Gasteiger partial charge in [0.2, 0.25) is 0 Å². The van der Waals surface area contributed by atoms with Crippen LogP contribution < -0.4 is 4.74 Å². The third-order valence-electron chi connectivity index (χ3n) is 4.49. The predicted molar refractivity (Wildman–Crippen MR) is 108 cm³/mol. The van der Waals surface area contributed by atoms with E-state index in [0.29, 0.717) is 22.9 Å². The molecule has 1 atom stereocenters. The van der Waals surface area contributed by atoms with Crippen molar-refractivity contribution in [2.45, 2.75) is 13.0 Å². The highest BCUT2D eigenvalue weighted by Gasteiger charge is 2.45. The van der Waals surface area contributed by atoms with Crippen LogP contribution in [0.25, 0.3) is 5.76 Å². The number of ketones is 1. The Hall–Kier alpha value is -3.05. The Morgan fingerprint density at radius 2 is 1.96 bits per heavy atom. The molecular weight excluding hydrogens is 378 g/mol. The van der Waals surface area contributed by atoms with E-state index in [2.05, 4.69) is 6.58 Å². The van der Waals surface area contributed by atoms with Gasteiger partial charge in [0.1, 0.15) is 11.5 Å². The zero-order valence-corrected chi connectivity index (χ0v) is 16.1. The average molecular weight is 398 g/mol. The monoisotopic (exact) mass is 397 g/mol. The van der Waals surface area contributed by atoms with E-state index in [1.165, 1.54) is 11.0 Å². The van der Waals surface area contributed by atoms with Crippen LogP contribution in [0.2, 0.25) is 5.02 Å². The topological polar surface area (TPSA) is 66.8 Å². The highest BCUT2D eigenvalue weighted by atomic mass is 35.5. The number of aliphatic hydroxyl groups excluding tert-OH is 1.